The maximum Gasteiger partial charge on any atom is 0.332 e. The van der Waals surface area contributed by atoms with E-state index in [1.54, 1.807) is 6.08 Å². The third-order valence-electron chi connectivity index (χ3n) is 3.57. The number of ketones is 1. The number of allylic oxidation sites excluding steroid dienone is 3. The van der Waals surface area contributed by atoms with E-state index in [0.717, 1.165) is 24.5 Å². The third-order valence-corrected chi connectivity index (χ3v) is 3.88. The summed E-state index contributed by atoms with van der Waals surface area (Å²) in [4.78, 5) is 24.2. The molecule has 0 saturated heterocycles. The van der Waals surface area contributed by atoms with Crippen molar-refractivity contribution in [1.29, 1.82) is 0 Å². The molecule has 1 heterocycles. The lowest BCUT2D eigenvalue weighted by Gasteiger charge is -2.17. The molecule has 1 aromatic carbocycles. The first-order chi connectivity index (χ1) is 12.6. The molecule has 1 N–H and O–H groups in total. The summed E-state index contributed by atoms with van der Waals surface area (Å²) in [5.41, 5.74) is 1.34. The first-order valence-electron chi connectivity index (χ1n) is 8.28. The monoisotopic (exact) mass is 371 g/mol. The number of benzene rings is 1. The fourth-order valence-corrected chi connectivity index (χ4v) is 2.42. The molecule has 1 aromatic rings. The minimum atomic E-state index is -0.641. The van der Waals surface area contributed by atoms with Gasteiger partial charge in [0.1, 0.15) is 11.4 Å². The summed E-state index contributed by atoms with van der Waals surface area (Å²) in [6.45, 7) is 2.52. The predicted molar refractivity (Wildman–Crippen MR) is 104 cm³/mol. The van der Waals surface area contributed by atoms with Crippen molar-refractivity contribution >= 4 is 34.8 Å². The average Bonchev–Trinajstić information content (AvgIpc) is 2.97. The largest absolute Gasteiger partial charge is 0.466 e. The number of hydrogen-bond donors (Lipinski definition) is 1. The molecule has 0 saturated carbocycles. The van der Waals surface area contributed by atoms with Gasteiger partial charge in [0.2, 0.25) is 5.78 Å². The second-order valence-electron chi connectivity index (χ2n) is 5.51. The fourth-order valence-electron chi connectivity index (χ4n) is 2.21. The van der Waals surface area contributed by atoms with Crippen molar-refractivity contribution in [2.75, 3.05) is 7.11 Å². The molecule has 0 aliphatic carbocycles. The number of carbonyl (C=O) groups excluding carboxylic acids is 2. The molecule has 7 heteroatoms. The Balaban J connectivity index is 2.19. The number of esters is 1. The summed E-state index contributed by atoms with van der Waals surface area (Å²) < 4.78 is 4.62. The van der Waals surface area contributed by atoms with Gasteiger partial charge in [-0.25, -0.2) is 9.80 Å². The Morgan fingerprint density at radius 2 is 2.08 bits per heavy atom. The van der Waals surface area contributed by atoms with Gasteiger partial charge >= 0.3 is 5.97 Å². The van der Waals surface area contributed by atoms with Crippen LogP contribution in [0.5, 0.6) is 0 Å². The van der Waals surface area contributed by atoms with E-state index >= 15 is 0 Å². The number of hydrazone groups is 1. The number of Topliss-reactive ketones (excluding diaryl/α,β-unsaturated/α-hetero) is 1. The van der Waals surface area contributed by atoms with Crippen LogP contribution in [-0.4, -0.2) is 34.7 Å². The van der Waals surface area contributed by atoms with Gasteiger partial charge in [0.15, 0.2) is 5.11 Å². The van der Waals surface area contributed by atoms with Crippen molar-refractivity contribution in [2.45, 2.75) is 26.3 Å². The summed E-state index contributed by atoms with van der Waals surface area (Å²) in [6, 6.07) is 9.70. The second-order valence-corrected chi connectivity index (χ2v) is 5.90. The maximum atomic E-state index is 12.6. The van der Waals surface area contributed by atoms with Crippen LogP contribution in [0.1, 0.15) is 25.3 Å². The number of nitrogens with zero attached hydrogens (tertiary/aromatic N) is 2. The van der Waals surface area contributed by atoms with Crippen LogP contribution in [0.4, 0.5) is 0 Å². The van der Waals surface area contributed by atoms with Crippen LogP contribution < -0.4 is 5.32 Å². The van der Waals surface area contributed by atoms with E-state index in [1.807, 2.05) is 43.3 Å². The SMILES string of the molecule is CCC/C=C/C1=NN(C(=S)NCc2ccccc2)/C(=C/C(=O)OC)C1=O. The molecule has 0 atom stereocenters. The van der Waals surface area contributed by atoms with E-state index in [1.165, 1.54) is 12.1 Å². The molecule has 0 radical (unpaired) electrons. The smallest absolute Gasteiger partial charge is 0.332 e. The lowest BCUT2D eigenvalue weighted by Crippen LogP contribution is -2.35. The highest BCUT2D eigenvalue weighted by Crippen LogP contribution is 2.18. The van der Waals surface area contributed by atoms with Gasteiger partial charge in [-0.1, -0.05) is 49.8 Å². The molecule has 0 bridgehead atoms. The Labute approximate surface area is 158 Å². The molecule has 0 amide bonds. The van der Waals surface area contributed by atoms with Crippen LogP contribution in [0.3, 0.4) is 0 Å². The molecule has 1 aliphatic heterocycles. The minimum absolute atomic E-state index is 0.0681. The van der Waals surface area contributed by atoms with Gasteiger partial charge < -0.3 is 10.1 Å². The quantitative estimate of drug-likeness (QED) is 0.471. The number of ether oxygens (including phenoxy) is 1. The molecule has 0 unspecified atom stereocenters. The summed E-state index contributed by atoms with van der Waals surface area (Å²) in [5.74, 6) is -1.01. The summed E-state index contributed by atoms with van der Waals surface area (Å²) in [7, 11) is 1.25. The number of carbonyl (C=O) groups is 2. The standard InChI is InChI=1S/C19H21N3O3S/c1-3-4-6-11-15-18(24)16(12-17(23)25-2)22(21-15)19(26)20-13-14-9-7-5-8-10-14/h5-12H,3-4,13H2,1-2H3,(H,20,26)/b11-6+,16-12+. The molecule has 0 fully saturated rings. The van der Waals surface area contributed by atoms with E-state index in [0.29, 0.717) is 6.54 Å². The van der Waals surface area contributed by atoms with Crippen LogP contribution in [0, 0.1) is 0 Å². The molecule has 6 nitrogen and oxygen atoms in total. The lowest BCUT2D eigenvalue weighted by molar-refractivity contribution is -0.135. The van der Waals surface area contributed by atoms with Crippen LogP contribution in [0.15, 0.2) is 59.4 Å². The molecule has 2 rings (SSSR count). The van der Waals surface area contributed by atoms with Gasteiger partial charge in [0, 0.05) is 6.54 Å². The van der Waals surface area contributed by atoms with Crippen molar-refractivity contribution < 1.29 is 14.3 Å². The number of nitrogens with one attached hydrogen (secondary N) is 1. The van der Waals surface area contributed by atoms with E-state index in [4.69, 9.17) is 12.2 Å². The highest BCUT2D eigenvalue weighted by molar-refractivity contribution is 7.80. The van der Waals surface area contributed by atoms with Gasteiger partial charge in [0.05, 0.1) is 13.2 Å². The zero-order valence-corrected chi connectivity index (χ0v) is 15.6. The molecule has 0 aromatic heterocycles. The van der Waals surface area contributed by atoms with E-state index in [9.17, 15) is 9.59 Å². The van der Waals surface area contributed by atoms with Crippen LogP contribution in [-0.2, 0) is 20.9 Å². The van der Waals surface area contributed by atoms with Gasteiger partial charge in [0.25, 0.3) is 0 Å². The molecular formula is C19H21N3O3S. The molecule has 26 heavy (non-hydrogen) atoms. The van der Waals surface area contributed by atoms with Gasteiger partial charge in [-0.05, 0) is 30.3 Å². The number of rotatable bonds is 6. The fraction of sp³-hybridized carbons (Fsp3) is 0.263. The summed E-state index contributed by atoms with van der Waals surface area (Å²) in [6.07, 6.45) is 6.42. The highest BCUT2D eigenvalue weighted by atomic mass is 32.1. The molecule has 0 spiro atoms. The molecule has 1 aliphatic rings. The van der Waals surface area contributed by atoms with Crippen molar-refractivity contribution in [2.24, 2.45) is 5.10 Å². The van der Waals surface area contributed by atoms with E-state index in [2.05, 4.69) is 15.2 Å². The normalized spacial score (nSPS) is 15.5. The van der Waals surface area contributed by atoms with Gasteiger partial charge in [-0.15, -0.1) is 0 Å². The van der Waals surface area contributed by atoms with Crippen LogP contribution in [0.25, 0.3) is 0 Å². The number of methoxy groups -OCH3 is 1. The van der Waals surface area contributed by atoms with Crippen LogP contribution in [0.2, 0.25) is 0 Å². The Hall–Kier alpha value is -2.80. The summed E-state index contributed by atoms with van der Waals surface area (Å²) in [5, 5.41) is 8.81. The van der Waals surface area contributed by atoms with E-state index in [-0.39, 0.29) is 22.3 Å². The third kappa shape index (κ3) is 5.10. The Morgan fingerprint density at radius 1 is 1.35 bits per heavy atom. The van der Waals surface area contributed by atoms with Crippen LogP contribution >= 0.6 is 12.2 Å². The zero-order valence-electron chi connectivity index (χ0n) is 14.8. The zero-order chi connectivity index (χ0) is 18.9. The number of unbranched alkanes of at least 4 members (excludes halogenated alkanes) is 1. The maximum absolute atomic E-state index is 12.6. The molecular weight excluding hydrogens is 350 g/mol. The Kier molecular flexibility index (Phi) is 7.23. The average molecular weight is 371 g/mol. The highest BCUT2D eigenvalue weighted by Gasteiger charge is 2.32. The van der Waals surface area contributed by atoms with Crippen molar-refractivity contribution in [3.63, 3.8) is 0 Å². The number of hydrogen-bond acceptors (Lipinski definition) is 5. The predicted octanol–water partition coefficient (Wildman–Crippen LogP) is 2.72. The first-order valence-corrected chi connectivity index (χ1v) is 8.69. The van der Waals surface area contributed by atoms with Crippen molar-refractivity contribution in [3.8, 4) is 0 Å². The first kappa shape index (κ1) is 19.5. The summed E-state index contributed by atoms with van der Waals surface area (Å²) >= 11 is 5.36. The van der Waals surface area contributed by atoms with Crippen molar-refractivity contribution in [1.82, 2.24) is 10.3 Å². The Bertz CT molecular complexity index is 769. The topological polar surface area (TPSA) is 71.0 Å². The lowest BCUT2D eigenvalue weighted by atomic mass is 10.1. The van der Waals surface area contributed by atoms with Gasteiger partial charge in [-0.3, -0.25) is 4.79 Å². The minimum Gasteiger partial charge on any atom is -0.466 e. The molecule has 136 valence electrons. The van der Waals surface area contributed by atoms with Gasteiger partial charge in [-0.2, -0.15) is 5.10 Å². The van der Waals surface area contributed by atoms with E-state index < -0.39 is 5.97 Å². The Morgan fingerprint density at radius 3 is 2.73 bits per heavy atom. The number of thiocarbonyl (C=S) groups is 1. The van der Waals surface area contributed by atoms with Crippen molar-refractivity contribution in [3.05, 3.63) is 59.8 Å². The second kappa shape index (κ2) is 9.62.